The Bertz CT molecular complexity index is 136. The van der Waals surface area contributed by atoms with Crippen LogP contribution in [-0.4, -0.2) is 6.04 Å². The van der Waals surface area contributed by atoms with E-state index in [1.807, 2.05) is 6.92 Å². The van der Waals surface area contributed by atoms with Gasteiger partial charge in [-0.25, -0.2) is 0 Å². The second-order valence-electron chi connectivity index (χ2n) is 3.94. The van der Waals surface area contributed by atoms with Gasteiger partial charge < -0.3 is 5.73 Å². The van der Waals surface area contributed by atoms with E-state index in [1.54, 1.807) is 0 Å². The lowest BCUT2D eigenvalue weighted by atomic mass is 10.1. The summed E-state index contributed by atoms with van der Waals surface area (Å²) in [7, 11) is 0. The van der Waals surface area contributed by atoms with Gasteiger partial charge in [0.15, 0.2) is 0 Å². The molecular formula is C12H25N. The highest BCUT2D eigenvalue weighted by atomic mass is 14.6. The van der Waals surface area contributed by atoms with Gasteiger partial charge in [-0.15, -0.1) is 0 Å². The van der Waals surface area contributed by atoms with Crippen molar-refractivity contribution in [2.75, 3.05) is 0 Å². The Hall–Kier alpha value is -0.300. The molecule has 0 aromatic carbocycles. The van der Waals surface area contributed by atoms with Crippen LogP contribution in [0.5, 0.6) is 0 Å². The summed E-state index contributed by atoms with van der Waals surface area (Å²) in [5.41, 5.74) is 7.06. The predicted octanol–water partition coefficient (Wildman–Crippen LogP) is 3.64. The number of hydrogen-bond donors (Lipinski definition) is 1. The molecule has 0 radical (unpaired) electrons. The van der Waals surface area contributed by atoms with E-state index < -0.39 is 0 Å². The topological polar surface area (TPSA) is 26.0 Å². The predicted molar refractivity (Wildman–Crippen MR) is 60.8 cm³/mol. The minimum Gasteiger partial charge on any atom is -0.324 e. The summed E-state index contributed by atoms with van der Waals surface area (Å²) in [6, 6.07) is 0.232. The van der Waals surface area contributed by atoms with E-state index in [0.29, 0.717) is 0 Å². The fourth-order valence-electron chi connectivity index (χ4n) is 1.26. The fourth-order valence-corrected chi connectivity index (χ4v) is 1.26. The lowest BCUT2D eigenvalue weighted by Gasteiger charge is -2.04. The Balaban J connectivity index is 3.29. The Morgan fingerprint density at radius 2 is 1.85 bits per heavy atom. The summed E-state index contributed by atoms with van der Waals surface area (Å²) >= 11 is 0. The SMILES string of the molecule is CCCCCCC/C=C(\C)C(C)N. The highest BCUT2D eigenvalue weighted by Crippen LogP contribution is 2.07. The van der Waals surface area contributed by atoms with Crippen molar-refractivity contribution in [2.45, 2.75) is 65.3 Å². The van der Waals surface area contributed by atoms with Gasteiger partial charge in [-0.05, 0) is 26.7 Å². The normalized spacial score (nSPS) is 14.6. The van der Waals surface area contributed by atoms with E-state index in [4.69, 9.17) is 5.73 Å². The third-order valence-corrected chi connectivity index (χ3v) is 2.49. The van der Waals surface area contributed by atoms with Crippen molar-refractivity contribution in [1.29, 1.82) is 0 Å². The average molecular weight is 183 g/mol. The molecule has 1 atom stereocenters. The highest BCUT2D eigenvalue weighted by Gasteiger charge is 1.94. The minimum atomic E-state index is 0.232. The first-order chi connectivity index (χ1) is 6.18. The van der Waals surface area contributed by atoms with Gasteiger partial charge in [-0.3, -0.25) is 0 Å². The van der Waals surface area contributed by atoms with Gasteiger partial charge in [0.2, 0.25) is 0 Å². The molecule has 0 bridgehead atoms. The van der Waals surface area contributed by atoms with Crippen molar-refractivity contribution in [3.8, 4) is 0 Å². The summed E-state index contributed by atoms with van der Waals surface area (Å²) in [4.78, 5) is 0. The van der Waals surface area contributed by atoms with Gasteiger partial charge in [0, 0.05) is 6.04 Å². The number of nitrogens with two attached hydrogens (primary N) is 1. The molecule has 2 N–H and O–H groups in total. The molecule has 1 nitrogen and oxygen atoms in total. The van der Waals surface area contributed by atoms with Gasteiger partial charge in [0.1, 0.15) is 0 Å². The van der Waals surface area contributed by atoms with Crippen LogP contribution in [0, 0.1) is 0 Å². The van der Waals surface area contributed by atoms with Crippen molar-refractivity contribution >= 4 is 0 Å². The summed E-state index contributed by atoms with van der Waals surface area (Å²) in [5.74, 6) is 0. The number of unbranched alkanes of at least 4 members (excludes halogenated alkanes) is 5. The molecule has 0 amide bonds. The van der Waals surface area contributed by atoms with Crippen molar-refractivity contribution in [3.05, 3.63) is 11.6 Å². The fraction of sp³-hybridized carbons (Fsp3) is 0.833. The van der Waals surface area contributed by atoms with Crippen LogP contribution in [0.2, 0.25) is 0 Å². The molecule has 13 heavy (non-hydrogen) atoms. The lowest BCUT2D eigenvalue weighted by molar-refractivity contribution is 0.635. The molecule has 0 saturated carbocycles. The van der Waals surface area contributed by atoms with Gasteiger partial charge in [-0.1, -0.05) is 44.3 Å². The summed E-state index contributed by atoms with van der Waals surface area (Å²) in [6.07, 6.45) is 10.3. The van der Waals surface area contributed by atoms with Crippen LogP contribution in [-0.2, 0) is 0 Å². The van der Waals surface area contributed by atoms with Gasteiger partial charge in [0.25, 0.3) is 0 Å². The molecule has 1 heteroatoms. The van der Waals surface area contributed by atoms with E-state index in [-0.39, 0.29) is 6.04 Å². The zero-order chi connectivity index (χ0) is 10.1. The maximum absolute atomic E-state index is 5.73. The number of allylic oxidation sites excluding steroid dienone is 1. The first-order valence-corrected chi connectivity index (χ1v) is 5.60. The maximum Gasteiger partial charge on any atom is 0.0222 e. The molecule has 0 saturated heterocycles. The zero-order valence-corrected chi connectivity index (χ0v) is 9.47. The highest BCUT2D eigenvalue weighted by molar-refractivity contribution is 5.04. The van der Waals surface area contributed by atoms with Crippen LogP contribution in [0.4, 0.5) is 0 Å². The molecule has 1 unspecified atom stereocenters. The largest absolute Gasteiger partial charge is 0.324 e. The number of hydrogen-bond acceptors (Lipinski definition) is 1. The summed E-state index contributed by atoms with van der Waals surface area (Å²) < 4.78 is 0. The molecule has 0 heterocycles. The third-order valence-electron chi connectivity index (χ3n) is 2.49. The number of rotatable bonds is 7. The van der Waals surface area contributed by atoms with Gasteiger partial charge in [0.05, 0.1) is 0 Å². The van der Waals surface area contributed by atoms with Crippen LogP contribution in [0.15, 0.2) is 11.6 Å². The lowest BCUT2D eigenvalue weighted by Crippen LogP contribution is -2.15. The first-order valence-electron chi connectivity index (χ1n) is 5.60. The molecule has 78 valence electrons. The molecule has 0 aliphatic carbocycles. The Morgan fingerprint density at radius 1 is 1.23 bits per heavy atom. The Morgan fingerprint density at radius 3 is 2.38 bits per heavy atom. The third kappa shape index (κ3) is 8.04. The Kier molecular flexibility index (Phi) is 8.11. The van der Waals surface area contributed by atoms with Gasteiger partial charge >= 0.3 is 0 Å². The van der Waals surface area contributed by atoms with E-state index in [1.165, 1.54) is 44.1 Å². The van der Waals surface area contributed by atoms with Crippen LogP contribution in [0.1, 0.15) is 59.3 Å². The zero-order valence-electron chi connectivity index (χ0n) is 9.47. The van der Waals surface area contributed by atoms with E-state index >= 15 is 0 Å². The molecule has 0 aliphatic rings. The molecule has 0 aromatic heterocycles. The van der Waals surface area contributed by atoms with Crippen molar-refractivity contribution in [2.24, 2.45) is 5.73 Å². The summed E-state index contributed by atoms with van der Waals surface area (Å²) in [5, 5.41) is 0. The monoisotopic (exact) mass is 183 g/mol. The summed E-state index contributed by atoms with van der Waals surface area (Å²) in [6.45, 7) is 6.42. The van der Waals surface area contributed by atoms with Gasteiger partial charge in [-0.2, -0.15) is 0 Å². The second kappa shape index (κ2) is 8.31. The smallest absolute Gasteiger partial charge is 0.0222 e. The van der Waals surface area contributed by atoms with Crippen LogP contribution >= 0.6 is 0 Å². The van der Waals surface area contributed by atoms with Crippen LogP contribution < -0.4 is 5.73 Å². The first kappa shape index (κ1) is 12.7. The van der Waals surface area contributed by atoms with E-state index in [2.05, 4.69) is 19.9 Å². The molecule has 0 fully saturated rings. The van der Waals surface area contributed by atoms with Crippen molar-refractivity contribution in [3.63, 3.8) is 0 Å². The van der Waals surface area contributed by atoms with Crippen molar-refractivity contribution in [1.82, 2.24) is 0 Å². The standard InChI is InChI=1S/C12H25N/c1-4-5-6-7-8-9-10-11(2)12(3)13/h10,12H,4-9,13H2,1-3H3/b11-10+. The molecule has 0 rings (SSSR count). The van der Waals surface area contributed by atoms with E-state index in [9.17, 15) is 0 Å². The second-order valence-corrected chi connectivity index (χ2v) is 3.94. The average Bonchev–Trinajstić information content (AvgIpc) is 2.10. The molecule has 0 aliphatic heterocycles. The minimum absolute atomic E-state index is 0.232. The Labute approximate surface area is 83.4 Å². The molecular weight excluding hydrogens is 158 g/mol. The molecule has 0 spiro atoms. The molecule has 0 aromatic rings. The van der Waals surface area contributed by atoms with Crippen LogP contribution in [0.25, 0.3) is 0 Å². The van der Waals surface area contributed by atoms with Crippen LogP contribution in [0.3, 0.4) is 0 Å². The maximum atomic E-state index is 5.73. The quantitative estimate of drug-likeness (QED) is 0.473. The van der Waals surface area contributed by atoms with Crippen molar-refractivity contribution < 1.29 is 0 Å². The van der Waals surface area contributed by atoms with E-state index in [0.717, 1.165) is 0 Å².